The zero-order valence-corrected chi connectivity index (χ0v) is 12.4. The summed E-state index contributed by atoms with van der Waals surface area (Å²) < 4.78 is 1.27. The smallest absolute Gasteiger partial charge is 0.328 e. The van der Waals surface area contributed by atoms with E-state index in [9.17, 15) is 24.3 Å². The van der Waals surface area contributed by atoms with Crippen LogP contribution in [-0.2, 0) is 16.6 Å². The molecule has 0 spiro atoms. The molecular weight excluding hydrogens is 300 g/mol. The van der Waals surface area contributed by atoms with Gasteiger partial charge in [-0.15, -0.1) is 0 Å². The van der Waals surface area contributed by atoms with Crippen LogP contribution in [0.4, 0.5) is 0 Å². The normalized spacial score (nSPS) is 15.3. The van der Waals surface area contributed by atoms with Gasteiger partial charge >= 0.3 is 5.69 Å². The van der Waals surface area contributed by atoms with Crippen molar-refractivity contribution in [2.75, 3.05) is 0 Å². The summed E-state index contributed by atoms with van der Waals surface area (Å²) in [5.41, 5.74) is -0.766. The molecule has 2 N–H and O–H groups in total. The number of fused-ring (bicyclic) bond motifs is 1. The largest absolute Gasteiger partial charge is 0.506 e. The molecule has 3 rings (SSSR count). The van der Waals surface area contributed by atoms with E-state index in [2.05, 4.69) is 4.98 Å². The minimum absolute atomic E-state index is 0.187. The molecule has 1 aliphatic carbocycles. The Labute approximate surface area is 129 Å². The minimum Gasteiger partial charge on any atom is -0.506 e. The number of H-pyrrole nitrogens is 1. The lowest BCUT2D eigenvalue weighted by Gasteiger charge is -2.14. The molecular formula is C16H14N2O5. The Morgan fingerprint density at radius 2 is 1.78 bits per heavy atom. The van der Waals surface area contributed by atoms with Crippen molar-refractivity contribution in [1.82, 2.24) is 9.55 Å². The molecule has 0 radical (unpaired) electrons. The summed E-state index contributed by atoms with van der Waals surface area (Å²) in [5.74, 6) is -1.21. The highest BCUT2D eigenvalue weighted by molar-refractivity contribution is 6.25. The van der Waals surface area contributed by atoms with Gasteiger partial charge < -0.3 is 5.11 Å². The first kappa shape index (κ1) is 15.0. The van der Waals surface area contributed by atoms with Crippen molar-refractivity contribution in [2.24, 2.45) is 7.05 Å². The molecule has 0 saturated heterocycles. The number of aliphatic hydroxyl groups excluding tert-OH is 1. The van der Waals surface area contributed by atoms with Crippen LogP contribution < -0.4 is 11.2 Å². The Balaban J connectivity index is 2.25. The van der Waals surface area contributed by atoms with Crippen molar-refractivity contribution in [3.63, 3.8) is 0 Å². The molecule has 23 heavy (non-hydrogen) atoms. The molecule has 1 aromatic heterocycles. The average Bonchev–Trinajstić information content (AvgIpc) is 2.52. The number of rotatable bonds is 1. The topological polar surface area (TPSA) is 109 Å². The Hall–Kier alpha value is -2.96. The van der Waals surface area contributed by atoms with Crippen LogP contribution >= 0.6 is 0 Å². The monoisotopic (exact) mass is 314 g/mol. The maximum absolute atomic E-state index is 11.9. The molecule has 1 fully saturated rings. The van der Waals surface area contributed by atoms with Crippen LogP contribution in [0.25, 0.3) is 16.7 Å². The summed E-state index contributed by atoms with van der Waals surface area (Å²) in [6, 6.07) is 4.33. The third kappa shape index (κ3) is 2.40. The molecule has 0 atom stereocenters. The maximum Gasteiger partial charge on any atom is 0.328 e. The maximum atomic E-state index is 11.9. The summed E-state index contributed by atoms with van der Waals surface area (Å²) in [6.45, 7) is 0. The Kier molecular flexibility index (Phi) is 3.48. The number of hydrogen-bond acceptors (Lipinski definition) is 5. The van der Waals surface area contributed by atoms with Gasteiger partial charge in [-0.05, 0) is 24.6 Å². The first-order valence-electron chi connectivity index (χ1n) is 7.13. The molecule has 0 bridgehead atoms. The van der Waals surface area contributed by atoms with Gasteiger partial charge in [0.1, 0.15) is 11.3 Å². The van der Waals surface area contributed by atoms with Crippen molar-refractivity contribution in [3.8, 4) is 0 Å². The van der Waals surface area contributed by atoms with Crippen LogP contribution in [0.2, 0.25) is 0 Å². The van der Waals surface area contributed by atoms with Crippen molar-refractivity contribution < 1.29 is 14.7 Å². The second kappa shape index (κ2) is 5.35. The van der Waals surface area contributed by atoms with E-state index in [-0.39, 0.29) is 29.4 Å². The van der Waals surface area contributed by atoms with Crippen molar-refractivity contribution >= 4 is 28.2 Å². The van der Waals surface area contributed by atoms with Gasteiger partial charge in [0, 0.05) is 25.5 Å². The number of aromatic nitrogens is 2. The molecule has 1 aliphatic rings. The second-order valence-electron chi connectivity index (χ2n) is 5.47. The quantitative estimate of drug-likeness (QED) is 0.460. The highest BCUT2D eigenvalue weighted by Crippen LogP contribution is 2.25. The SMILES string of the molecule is Cn1c(=O)[nH]c(=O)c2cc(C(O)=C3C(=O)CCCC3=O)ccc21. The van der Waals surface area contributed by atoms with E-state index in [1.54, 1.807) is 0 Å². The molecule has 118 valence electrons. The number of nitrogens with zero attached hydrogens (tertiary/aromatic N) is 1. The van der Waals surface area contributed by atoms with Crippen molar-refractivity contribution in [3.05, 3.63) is 50.2 Å². The van der Waals surface area contributed by atoms with Gasteiger partial charge in [-0.25, -0.2) is 4.79 Å². The molecule has 7 heteroatoms. The number of carbonyl (C=O) groups is 2. The van der Waals surface area contributed by atoms with Crippen LogP contribution in [0.15, 0.2) is 33.4 Å². The molecule has 7 nitrogen and oxygen atoms in total. The predicted molar refractivity (Wildman–Crippen MR) is 83.2 cm³/mol. The number of allylic oxidation sites excluding steroid dienone is 1. The zero-order valence-electron chi connectivity index (χ0n) is 12.4. The molecule has 1 heterocycles. The van der Waals surface area contributed by atoms with Gasteiger partial charge in [0.2, 0.25) is 0 Å². The molecule has 2 aromatic rings. The van der Waals surface area contributed by atoms with E-state index in [1.807, 2.05) is 0 Å². The lowest BCUT2D eigenvalue weighted by molar-refractivity contribution is -0.123. The molecule has 1 aromatic carbocycles. The summed E-state index contributed by atoms with van der Waals surface area (Å²) in [5, 5.41) is 10.5. The number of aromatic amines is 1. The highest BCUT2D eigenvalue weighted by atomic mass is 16.3. The fourth-order valence-corrected chi connectivity index (χ4v) is 2.74. The molecule has 0 aliphatic heterocycles. The van der Waals surface area contributed by atoms with Crippen LogP contribution in [0.1, 0.15) is 24.8 Å². The van der Waals surface area contributed by atoms with E-state index in [0.29, 0.717) is 11.9 Å². The van der Waals surface area contributed by atoms with Crippen LogP contribution in [0.3, 0.4) is 0 Å². The van der Waals surface area contributed by atoms with E-state index in [0.717, 1.165) is 0 Å². The van der Waals surface area contributed by atoms with Crippen LogP contribution in [0.5, 0.6) is 0 Å². The second-order valence-corrected chi connectivity index (χ2v) is 5.47. The Morgan fingerprint density at radius 1 is 1.13 bits per heavy atom. The highest BCUT2D eigenvalue weighted by Gasteiger charge is 2.27. The molecule has 0 amide bonds. The van der Waals surface area contributed by atoms with Gasteiger partial charge in [0.25, 0.3) is 5.56 Å². The molecule has 1 saturated carbocycles. The third-order valence-corrected chi connectivity index (χ3v) is 4.00. The standard InChI is InChI=1S/C16H14N2O5/c1-18-10-6-5-8(7-9(10)15(22)17-16(18)23)14(21)13-11(19)3-2-4-12(13)20/h5-7,21H,2-4H2,1H3,(H,17,22,23). The predicted octanol–water partition coefficient (Wildman–Crippen LogP) is 0.818. The number of Topliss-reactive ketones (excluding diaryl/α,β-unsaturated/α-hetero) is 2. The fraction of sp³-hybridized carbons (Fsp3) is 0.250. The Morgan fingerprint density at radius 3 is 2.43 bits per heavy atom. The lowest BCUT2D eigenvalue weighted by atomic mass is 9.89. The number of nitrogens with one attached hydrogen (secondary N) is 1. The Bertz CT molecular complexity index is 976. The number of hydrogen-bond donors (Lipinski definition) is 2. The van der Waals surface area contributed by atoms with Gasteiger partial charge in [-0.1, -0.05) is 0 Å². The average molecular weight is 314 g/mol. The first-order chi connectivity index (χ1) is 10.9. The van der Waals surface area contributed by atoms with Gasteiger partial charge in [-0.2, -0.15) is 0 Å². The number of ketones is 2. The molecule has 0 unspecified atom stereocenters. The van der Waals surface area contributed by atoms with Crippen molar-refractivity contribution in [1.29, 1.82) is 0 Å². The lowest BCUT2D eigenvalue weighted by Crippen LogP contribution is -2.28. The summed E-state index contributed by atoms with van der Waals surface area (Å²) in [6.07, 6.45) is 0.912. The summed E-state index contributed by atoms with van der Waals surface area (Å²) >= 11 is 0. The van der Waals surface area contributed by atoms with E-state index < -0.39 is 28.6 Å². The van der Waals surface area contributed by atoms with Gasteiger partial charge in [-0.3, -0.25) is 23.9 Å². The number of aliphatic hydroxyl groups is 1. The van der Waals surface area contributed by atoms with Crippen molar-refractivity contribution in [2.45, 2.75) is 19.3 Å². The summed E-state index contributed by atoms with van der Waals surface area (Å²) in [4.78, 5) is 49.5. The first-order valence-corrected chi connectivity index (χ1v) is 7.13. The number of aryl methyl sites for hydroxylation is 1. The van der Waals surface area contributed by atoms with Gasteiger partial charge in [0.15, 0.2) is 11.6 Å². The zero-order chi connectivity index (χ0) is 16.7. The van der Waals surface area contributed by atoms with E-state index in [1.165, 1.54) is 29.8 Å². The number of carbonyl (C=O) groups excluding carboxylic acids is 2. The third-order valence-electron chi connectivity index (χ3n) is 4.00. The van der Waals surface area contributed by atoms with Gasteiger partial charge in [0.05, 0.1) is 10.9 Å². The summed E-state index contributed by atoms with van der Waals surface area (Å²) in [7, 11) is 1.51. The fourth-order valence-electron chi connectivity index (χ4n) is 2.74. The van der Waals surface area contributed by atoms with E-state index in [4.69, 9.17) is 0 Å². The minimum atomic E-state index is -0.593. The number of benzene rings is 1. The van der Waals surface area contributed by atoms with Crippen LogP contribution in [0, 0.1) is 0 Å². The van der Waals surface area contributed by atoms with E-state index >= 15 is 0 Å². The van der Waals surface area contributed by atoms with Crippen LogP contribution in [-0.4, -0.2) is 26.2 Å².